The van der Waals surface area contributed by atoms with Gasteiger partial charge in [0.25, 0.3) is 0 Å². The first-order chi connectivity index (χ1) is 9.15. The monoisotopic (exact) mass is 327 g/mol. The molecule has 1 aliphatic heterocycles. The molecule has 1 saturated heterocycles. The van der Waals surface area contributed by atoms with Crippen LogP contribution in [0, 0.1) is 11.7 Å². The van der Waals surface area contributed by atoms with Crippen LogP contribution >= 0.6 is 15.9 Å². The molecule has 1 aliphatic rings. The Morgan fingerprint density at radius 3 is 2.79 bits per heavy atom. The van der Waals surface area contributed by atoms with E-state index < -0.39 is 0 Å². The van der Waals surface area contributed by atoms with Crippen LogP contribution in [-0.2, 0) is 11.2 Å². The van der Waals surface area contributed by atoms with Crippen molar-refractivity contribution >= 4 is 21.7 Å². The van der Waals surface area contributed by atoms with Crippen LogP contribution in [0.4, 0.5) is 4.39 Å². The van der Waals surface area contributed by atoms with Gasteiger partial charge in [-0.1, -0.05) is 22.0 Å². The molecule has 0 atom stereocenters. The number of hydrogen-bond donors (Lipinski definition) is 1. The average Bonchev–Trinajstić information content (AvgIpc) is 2.41. The van der Waals surface area contributed by atoms with Gasteiger partial charge < -0.3 is 5.32 Å². The number of carbonyl (C=O) groups is 1. The molecule has 1 aromatic rings. The lowest BCUT2D eigenvalue weighted by molar-refractivity contribution is -0.118. The summed E-state index contributed by atoms with van der Waals surface area (Å²) in [5.41, 5.74) is 0.499. The van der Waals surface area contributed by atoms with Crippen molar-refractivity contribution in [3.05, 3.63) is 34.1 Å². The van der Waals surface area contributed by atoms with Crippen LogP contribution in [-0.4, -0.2) is 18.9 Å². The van der Waals surface area contributed by atoms with Crippen LogP contribution in [0.3, 0.4) is 0 Å². The van der Waals surface area contributed by atoms with E-state index in [-0.39, 0.29) is 18.0 Å². The second kappa shape index (κ2) is 7.15. The van der Waals surface area contributed by atoms with E-state index in [2.05, 4.69) is 21.2 Å². The highest BCUT2D eigenvalue weighted by Gasteiger charge is 2.15. The van der Waals surface area contributed by atoms with E-state index in [1.807, 2.05) is 0 Å². The van der Waals surface area contributed by atoms with Gasteiger partial charge in [-0.25, -0.2) is 4.39 Å². The minimum Gasteiger partial charge on any atom is -0.317 e. The van der Waals surface area contributed by atoms with E-state index in [0.717, 1.165) is 32.4 Å². The third kappa shape index (κ3) is 4.69. The summed E-state index contributed by atoms with van der Waals surface area (Å²) in [7, 11) is 0. The molecule has 0 spiro atoms. The Labute approximate surface area is 121 Å². The van der Waals surface area contributed by atoms with Crippen LogP contribution in [0.15, 0.2) is 22.7 Å². The molecule has 0 radical (unpaired) electrons. The predicted molar refractivity (Wildman–Crippen MR) is 77.6 cm³/mol. The van der Waals surface area contributed by atoms with Crippen LogP contribution in [0.2, 0.25) is 0 Å². The van der Waals surface area contributed by atoms with Gasteiger partial charge in [-0.15, -0.1) is 0 Å². The summed E-state index contributed by atoms with van der Waals surface area (Å²) in [6.45, 7) is 2.11. The molecule has 1 heterocycles. The third-order valence-corrected chi connectivity index (χ3v) is 4.19. The number of piperidine rings is 1. The minimum absolute atomic E-state index is 0.139. The summed E-state index contributed by atoms with van der Waals surface area (Å²) in [5.74, 6) is 0.490. The van der Waals surface area contributed by atoms with E-state index in [0.29, 0.717) is 22.4 Å². The minimum atomic E-state index is -0.301. The normalized spacial score (nSPS) is 16.5. The number of halogens is 2. The maximum atomic E-state index is 13.6. The summed E-state index contributed by atoms with van der Waals surface area (Å²) in [6, 6.07) is 4.87. The van der Waals surface area contributed by atoms with Crippen molar-refractivity contribution in [2.45, 2.75) is 32.1 Å². The van der Waals surface area contributed by atoms with Gasteiger partial charge in [-0.05, 0) is 56.0 Å². The quantitative estimate of drug-likeness (QED) is 0.897. The highest BCUT2D eigenvalue weighted by Crippen LogP contribution is 2.20. The van der Waals surface area contributed by atoms with Gasteiger partial charge in [0.2, 0.25) is 0 Å². The Morgan fingerprint density at radius 1 is 1.37 bits per heavy atom. The number of Topliss-reactive ketones (excluding diaryl/α,β-unsaturated/α-hetero) is 1. The Hall–Kier alpha value is -0.740. The molecule has 2 rings (SSSR count). The SMILES string of the molecule is O=C(CCC1CCNCC1)Cc1ccc(Br)cc1F. The first kappa shape index (κ1) is 14.7. The molecule has 0 aliphatic carbocycles. The Morgan fingerprint density at radius 2 is 2.11 bits per heavy atom. The van der Waals surface area contributed by atoms with Crippen molar-refractivity contribution < 1.29 is 9.18 Å². The van der Waals surface area contributed by atoms with Crippen molar-refractivity contribution in [3.63, 3.8) is 0 Å². The highest BCUT2D eigenvalue weighted by molar-refractivity contribution is 9.10. The van der Waals surface area contributed by atoms with Crippen molar-refractivity contribution in [1.82, 2.24) is 5.32 Å². The summed E-state index contributed by atoms with van der Waals surface area (Å²) in [5, 5.41) is 3.32. The van der Waals surface area contributed by atoms with Crippen molar-refractivity contribution in [2.24, 2.45) is 5.92 Å². The van der Waals surface area contributed by atoms with Crippen molar-refractivity contribution in [1.29, 1.82) is 0 Å². The van der Waals surface area contributed by atoms with Crippen LogP contribution in [0.1, 0.15) is 31.2 Å². The Balaban J connectivity index is 1.80. The van der Waals surface area contributed by atoms with Crippen LogP contribution < -0.4 is 5.32 Å². The van der Waals surface area contributed by atoms with Gasteiger partial charge in [-0.3, -0.25) is 4.79 Å². The zero-order valence-electron chi connectivity index (χ0n) is 10.9. The molecule has 2 nitrogen and oxygen atoms in total. The second-order valence-electron chi connectivity index (χ2n) is 5.18. The van der Waals surface area contributed by atoms with Crippen molar-refractivity contribution in [2.75, 3.05) is 13.1 Å². The van der Waals surface area contributed by atoms with E-state index in [4.69, 9.17) is 0 Å². The average molecular weight is 328 g/mol. The molecule has 0 aromatic heterocycles. The maximum Gasteiger partial charge on any atom is 0.137 e. The second-order valence-corrected chi connectivity index (χ2v) is 6.10. The van der Waals surface area contributed by atoms with Gasteiger partial charge in [-0.2, -0.15) is 0 Å². The summed E-state index contributed by atoms with van der Waals surface area (Å²) in [6.07, 6.45) is 4.03. The summed E-state index contributed by atoms with van der Waals surface area (Å²) < 4.78 is 14.3. The number of hydrogen-bond acceptors (Lipinski definition) is 2. The largest absolute Gasteiger partial charge is 0.317 e. The van der Waals surface area contributed by atoms with Crippen molar-refractivity contribution in [3.8, 4) is 0 Å². The van der Waals surface area contributed by atoms with E-state index in [1.165, 1.54) is 6.07 Å². The molecule has 19 heavy (non-hydrogen) atoms. The lowest BCUT2D eigenvalue weighted by Crippen LogP contribution is -2.28. The summed E-state index contributed by atoms with van der Waals surface area (Å²) >= 11 is 3.21. The molecule has 0 unspecified atom stereocenters. The van der Waals surface area contributed by atoms with Gasteiger partial charge >= 0.3 is 0 Å². The van der Waals surface area contributed by atoms with Crippen LogP contribution in [0.5, 0.6) is 0 Å². The zero-order valence-corrected chi connectivity index (χ0v) is 12.5. The smallest absolute Gasteiger partial charge is 0.137 e. The molecule has 104 valence electrons. The predicted octanol–water partition coefficient (Wildman–Crippen LogP) is 3.48. The Kier molecular flexibility index (Phi) is 5.52. The molecule has 0 bridgehead atoms. The topological polar surface area (TPSA) is 29.1 Å². The van der Waals surface area contributed by atoms with E-state index in [9.17, 15) is 9.18 Å². The van der Waals surface area contributed by atoms with Gasteiger partial charge in [0.05, 0.1) is 0 Å². The lowest BCUT2D eigenvalue weighted by Gasteiger charge is -2.22. The van der Waals surface area contributed by atoms with Crippen LogP contribution in [0.25, 0.3) is 0 Å². The third-order valence-electron chi connectivity index (χ3n) is 3.69. The molecule has 0 saturated carbocycles. The fourth-order valence-electron chi connectivity index (χ4n) is 2.50. The standard InChI is InChI=1S/C15H19BrFNO/c16-13-3-2-12(15(17)10-13)9-14(19)4-1-11-5-7-18-8-6-11/h2-3,10-11,18H,1,4-9H2. The first-order valence-corrected chi connectivity index (χ1v) is 7.61. The number of rotatable bonds is 5. The summed E-state index contributed by atoms with van der Waals surface area (Å²) in [4.78, 5) is 11.9. The molecule has 1 aromatic carbocycles. The lowest BCUT2D eigenvalue weighted by atomic mass is 9.91. The fraction of sp³-hybridized carbons (Fsp3) is 0.533. The molecular formula is C15H19BrFNO. The van der Waals surface area contributed by atoms with Gasteiger partial charge in [0.1, 0.15) is 11.6 Å². The molecule has 1 N–H and O–H groups in total. The maximum absolute atomic E-state index is 13.6. The van der Waals surface area contributed by atoms with E-state index in [1.54, 1.807) is 12.1 Å². The Bertz CT molecular complexity index is 444. The zero-order chi connectivity index (χ0) is 13.7. The molecule has 4 heteroatoms. The number of ketones is 1. The number of benzene rings is 1. The first-order valence-electron chi connectivity index (χ1n) is 6.81. The molecule has 0 amide bonds. The van der Waals surface area contributed by atoms with Gasteiger partial charge in [0, 0.05) is 17.3 Å². The molecular weight excluding hydrogens is 309 g/mol. The number of nitrogens with one attached hydrogen (secondary N) is 1. The van der Waals surface area contributed by atoms with Gasteiger partial charge in [0.15, 0.2) is 0 Å². The van der Waals surface area contributed by atoms with E-state index >= 15 is 0 Å². The molecule has 1 fully saturated rings. The fourth-order valence-corrected chi connectivity index (χ4v) is 2.83. The number of carbonyl (C=O) groups excluding carboxylic acids is 1. The highest BCUT2D eigenvalue weighted by atomic mass is 79.9.